The van der Waals surface area contributed by atoms with Crippen molar-refractivity contribution in [2.24, 2.45) is 12.8 Å². The first kappa shape index (κ1) is 19.9. The lowest BCUT2D eigenvalue weighted by atomic mass is 9.92. The first-order valence-corrected chi connectivity index (χ1v) is 8.65. The molecule has 1 aromatic heterocycles. The molecule has 0 atom stereocenters. The molecule has 0 aliphatic carbocycles. The summed E-state index contributed by atoms with van der Waals surface area (Å²) in [5.74, 6) is -0.630. The molecule has 1 heterocycles. The average molecular weight is 378 g/mol. The molecule has 0 radical (unpaired) electrons. The third kappa shape index (κ3) is 4.62. The molecule has 0 aliphatic heterocycles. The van der Waals surface area contributed by atoms with Crippen LogP contribution < -0.4 is 16.4 Å². The number of hydrogen-bond acceptors (Lipinski definition) is 4. The lowest BCUT2D eigenvalue weighted by Gasteiger charge is -2.13. The highest BCUT2D eigenvalue weighted by Gasteiger charge is 2.22. The second-order valence-corrected chi connectivity index (χ2v) is 7.39. The van der Waals surface area contributed by atoms with Crippen LogP contribution in [0.5, 0.6) is 0 Å². The van der Waals surface area contributed by atoms with Gasteiger partial charge in [0.25, 0.3) is 11.8 Å². The minimum atomic E-state index is -0.350. The minimum absolute atomic E-state index is 0.172. The molecular formula is C18H24ClN5O2. The predicted octanol–water partition coefficient (Wildman–Crippen LogP) is 2.31. The van der Waals surface area contributed by atoms with Gasteiger partial charge in [-0.2, -0.15) is 5.10 Å². The molecule has 4 N–H and O–H groups in total. The SMILES string of the molecule is Cn1nc(C(C)(C)C)cc1C(=O)Nc1cc(C(=O)NCCN)ccc1Cl. The number of carbonyl (C=O) groups excluding carboxylic acids is 2. The van der Waals surface area contributed by atoms with Gasteiger partial charge in [0, 0.05) is 31.1 Å². The molecule has 0 fully saturated rings. The van der Waals surface area contributed by atoms with Crippen LogP contribution in [0.25, 0.3) is 0 Å². The van der Waals surface area contributed by atoms with Gasteiger partial charge in [-0.15, -0.1) is 0 Å². The van der Waals surface area contributed by atoms with Crippen LogP contribution in [0.1, 0.15) is 47.3 Å². The molecule has 0 saturated heterocycles. The molecular weight excluding hydrogens is 354 g/mol. The van der Waals surface area contributed by atoms with Crippen molar-refractivity contribution in [3.63, 3.8) is 0 Å². The Labute approximate surface area is 157 Å². The standard InChI is InChI=1S/C18H24ClN5O2/c1-18(2,3)15-10-14(24(4)23-15)17(26)22-13-9-11(5-6-12(13)19)16(25)21-8-7-20/h5-6,9-10H,7-8,20H2,1-4H3,(H,21,25)(H,22,26). The van der Waals surface area contributed by atoms with Crippen LogP contribution in [0.3, 0.4) is 0 Å². The Bertz CT molecular complexity index is 823. The number of anilines is 1. The highest BCUT2D eigenvalue weighted by atomic mass is 35.5. The van der Waals surface area contributed by atoms with Gasteiger partial charge in [0.15, 0.2) is 0 Å². The largest absolute Gasteiger partial charge is 0.351 e. The highest BCUT2D eigenvalue weighted by molar-refractivity contribution is 6.34. The maximum Gasteiger partial charge on any atom is 0.273 e. The smallest absolute Gasteiger partial charge is 0.273 e. The fourth-order valence-corrected chi connectivity index (χ4v) is 2.45. The van der Waals surface area contributed by atoms with E-state index >= 15 is 0 Å². The van der Waals surface area contributed by atoms with Gasteiger partial charge in [-0.25, -0.2) is 0 Å². The number of rotatable bonds is 5. The molecule has 2 aromatic rings. The van der Waals surface area contributed by atoms with E-state index in [0.717, 1.165) is 5.69 Å². The summed E-state index contributed by atoms with van der Waals surface area (Å²) in [7, 11) is 1.71. The molecule has 0 aliphatic rings. The monoisotopic (exact) mass is 377 g/mol. The van der Waals surface area contributed by atoms with Crippen molar-refractivity contribution in [1.29, 1.82) is 0 Å². The maximum atomic E-state index is 12.6. The van der Waals surface area contributed by atoms with Crippen LogP contribution in [0.15, 0.2) is 24.3 Å². The Morgan fingerprint density at radius 2 is 1.92 bits per heavy atom. The molecule has 0 saturated carbocycles. The second-order valence-electron chi connectivity index (χ2n) is 6.98. The quantitative estimate of drug-likeness (QED) is 0.744. The summed E-state index contributed by atoms with van der Waals surface area (Å²) in [4.78, 5) is 24.7. The molecule has 7 nitrogen and oxygen atoms in total. The van der Waals surface area contributed by atoms with E-state index in [0.29, 0.717) is 35.1 Å². The molecule has 8 heteroatoms. The molecule has 0 spiro atoms. The van der Waals surface area contributed by atoms with Gasteiger partial charge < -0.3 is 16.4 Å². The Hall–Kier alpha value is -2.38. The normalized spacial score (nSPS) is 11.3. The number of aromatic nitrogens is 2. The fourth-order valence-electron chi connectivity index (χ4n) is 2.28. The summed E-state index contributed by atoms with van der Waals surface area (Å²) in [5.41, 5.74) is 7.18. The van der Waals surface area contributed by atoms with Crippen molar-refractivity contribution in [3.8, 4) is 0 Å². The molecule has 140 valence electrons. The number of halogens is 1. The van der Waals surface area contributed by atoms with Gasteiger partial charge >= 0.3 is 0 Å². The molecule has 0 bridgehead atoms. The van der Waals surface area contributed by atoms with Crippen molar-refractivity contribution in [2.75, 3.05) is 18.4 Å². The van der Waals surface area contributed by atoms with E-state index in [1.54, 1.807) is 25.2 Å². The number of aryl methyl sites for hydroxylation is 1. The fraction of sp³-hybridized carbons (Fsp3) is 0.389. The summed E-state index contributed by atoms with van der Waals surface area (Å²) >= 11 is 6.17. The summed E-state index contributed by atoms with van der Waals surface area (Å²) in [6.45, 7) is 6.79. The van der Waals surface area contributed by atoms with E-state index in [4.69, 9.17) is 17.3 Å². The minimum Gasteiger partial charge on any atom is -0.351 e. The van der Waals surface area contributed by atoms with E-state index < -0.39 is 0 Å². The molecule has 2 rings (SSSR count). The maximum absolute atomic E-state index is 12.6. The molecule has 2 amide bonds. The van der Waals surface area contributed by atoms with Crippen molar-refractivity contribution in [1.82, 2.24) is 15.1 Å². The van der Waals surface area contributed by atoms with E-state index in [1.807, 2.05) is 20.8 Å². The lowest BCUT2D eigenvalue weighted by molar-refractivity contribution is 0.0953. The van der Waals surface area contributed by atoms with Crippen LogP contribution in [-0.4, -0.2) is 34.7 Å². The number of amides is 2. The van der Waals surface area contributed by atoms with Gasteiger partial charge in [0.05, 0.1) is 16.4 Å². The highest BCUT2D eigenvalue weighted by Crippen LogP contribution is 2.25. The summed E-state index contributed by atoms with van der Waals surface area (Å²) in [6.07, 6.45) is 0. The number of nitrogens with zero attached hydrogens (tertiary/aromatic N) is 2. The van der Waals surface area contributed by atoms with Crippen molar-refractivity contribution < 1.29 is 9.59 Å². The van der Waals surface area contributed by atoms with Crippen LogP contribution in [0, 0.1) is 0 Å². The van der Waals surface area contributed by atoms with Gasteiger partial charge in [0.2, 0.25) is 0 Å². The van der Waals surface area contributed by atoms with E-state index in [9.17, 15) is 9.59 Å². The third-order valence-corrected chi connectivity index (χ3v) is 4.12. The summed E-state index contributed by atoms with van der Waals surface area (Å²) < 4.78 is 1.53. The number of nitrogens with two attached hydrogens (primary N) is 1. The Kier molecular flexibility index (Phi) is 6.05. The first-order valence-electron chi connectivity index (χ1n) is 8.27. The van der Waals surface area contributed by atoms with Gasteiger partial charge in [-0.1, -0.05) is 32.4 Å². The first-order chi connectivity index (χ1) is 12.1. The van der Waals surface area contributed by atoms with Crippen molar-refractivity contribution in [3.05, 3.63) is 46.2 Å². The van der Waals surface area contributed by atoms with Gasteiger partial charge in [-0.3, -0.25) is 14.3 Å². The number of carbonyl (C=O) groups is 2. The topological polar surface area (TPSA) is 102 Å². The second kappa shape index (κ2) is 7.88. The van der Waals surface area contributed by atoms with Crippen molar-refractivity contribution >= 4 is 29.1 Å². The number of hydrogen-bond donors (Lipinski definition) is 3. The van der Waals surface area contributed by atoms with Crippen LogP contribution in [0.4, 0.5) is 5.69 Å². The van der Waals surface area contributed by atoms with Crippen molar-refractivity contribution in [2.45, 2.75) is 26.2 Å². The Morgan fingerprint density at radius 3 is 2.50 bits per heavy atom. The molecule has 26 heavy (non-hydrogen) atoms. The predicted molar refractivity (Wildman–Crippen MR) is 103 cm³/mol. The van der Waals surface area contributed by atoms with Crippen LogP contribution in [0.2, 0.25) is 5.02 Å². The molecule has 1 aromatic carbocycles. The summed E-state index contributed by atoms with van der Waals surface area (Å²) in [6, 6.07) is 6.44. The molecule has 0 unspecified atom stereocenters. The number of nitrogens with one attached hydrogen (secondary N) is 2. The third-order valence-electron chi connectivity index (χ3n) is 3.79. The Morgan fingerprint density at radius 1 is 1.23 bits per heavy atom. The van der Waals surface area contributed by atoms with E-state index in [2.05, 4.69) is 15.7 Å². The van der Waals surface area contributed by atoms with Crippen LogP contribution >= 0.6 is 11.6 Å². The van der Waals surface area contributed by atoms with Crippen LogP contribution in [-0.2, 0) is 12.5 Å². The van der Waals surface area contributed by atoms with Gasteiger partial charge in [-0.05, 0) is 24.3 Å². The zero-order chi connectivity index (χ0) is 19.5. The zero-order valence-electron chi connectivity index (χ0n) is 15.4. The zero-order valence-corrected chi connectivity index (χ0v) is 16.1. The summed E-state index contributed by atoms with van der Waals surface area (Å²) in [5, 5.41) is 10.2. The van der Waals surface area contributed by atoms with Gasteiger partial charge in [0.1, 0.15) is 5.69 Å². The van der Waals surface area contributed by atoms with E-state index in [-0.39, 0.29) is 17.2 Å². The Balaban J connectivity index is 2.24. The number of benzene rings is 1. The van der Waals surface area contributed by atoms with E-state index in [1.165, 1.54) is 10.7 Å². The average Bonchev–Trinajstić information content (AvgIpc) is 2.96. The lowest BCUT2D eigenvalue weighted by Crippen LogP contribution is -2.29.